The molecule has 1 atom stereocenters. The molecule has 2 nitrogen and oxygen atoms in total. The molecule has 0 radical (unpaired) electrons. The van der Waals surface area contributed by atoms with Gasteiger partial charge in [-0.05, 0) is 42.5 Å². The molecule has 3 heteroatoms. The molecular weight excluding hydrogens is 254 g/mol. The summed E-state index contributed by atoms with van der Waals surface area (Å²) in [6.45, 7) is 0. The summed E-state index contributed by atoms with van der Waals surface area (Å²) in [6, 6.07) is 8.28. The van der Waals surface area contributed by atoms with Crippen molar-refractivity contribution in [1.82, 2.24) is 0 Å². The Morgan fingerprint density at radius 2 is 2.33 bits per heavy atom. The van der Waals surface area contributed by atoms with Crippen molar-refractivity contribution in [3.8, 4) is 11.8 Å². The Morgan fingerprint density at radius 3 is 3.00 bits per heavy atom. The molecule has 1 aromatic rings. The quantitative estimate of drug-likeness (QED) is 0.731. The largest absolute Gasteiger partial charge is 0.497 e. The van der Waals surface area contributed by atoms with E-state index in [2.05, 4.69) is 22.0 Å². The number of methoxy groups -OCH3 is 1. The third-order valence-corrected chi connectivity index (χ3v) is 3.88. The number of benzene rings is 1. The third kappa shape index (κ3) is 1.74. The Morgan fingerprint density at radius 1 is 1.53 bits per heavy atom. The fraction of sp³-hybridized carbons (Fsp3) is 0.417. The summed E-state index contributed by atoms with van der Waals surface area (Å²) in [5.74, 6) is 0.864. The number of halogens is 1. The van der Waals surface area contributed by atoms with Gasteiger partial charge >= 0.3 is 0 Å². The average Bonchev–Trinajstić information content (AvgIpc) is 2.29. The van der Waals surface area contributed by atoms with E-state index in [0.29, 0.717) is 0 Å². The van der Waals surface area contributed by atoms with Gasteiger partial charge in [0.1, 0.15) is 10.1 Å². The molecule has 1 aliphatic carbocycles. The smallest absolute Gasteiger partial charge is 0.137 e. The van der Waals surface area contributed by atoms with Gasteiger partial charge in [-0.1, -0.05) is 22.0 Å². The van der Waals surface area contributed by atoms with Crippen LogP contribution < -0.4 is 4.74 Å². The summed E-state index contributed by atoms with van der Waals surface area (Å²) in [5.41, 5.74) is 2.32. The number of hydrogen-bond acceptors (Lipinski definition) is 2. The summed E-state index contributed by atoms with van der Waals surface area (Å²) < 4.78 is 4.69. The molecule has 0 bridgehead atoms. The molecule has 0 aromatic heterocycles. The van der Waals surface area contributed by atoms with Gasteiger partial charge in [0.15, 0.2) is 0 Å². The lowest BCUT2D eigenvalue weighted by Gasteiger charge is -2.28. The molecule has 0 heterocycles. The van der Waals surface area contributed by atoms with Gasteiger partial charge in [0.25, 0.3) is 0 Å². The maximum Gasteiger partial charge on any atom is 0.137 e. The predicted octanol–water partition coefficient (Wildman–Crippen LogP) is 3.15. The van der Waals surface area contributed by atoms with E-state index in [1.807, 2.05) is 18.2 Å². The van der Waals surface area contributed by atoms with Crippen LogP contribution in [0.3, 0.4) is 0 Å². The van der Waals surface area contributed by atoms with E-state index in [-0.39, 0.29) is 0 Å². The second-order valence-corrected chi connectivity index (χ2v) is 5.14. The van der Waals surface area contributed by atoms with Gasteiger partial charge < -0.3 is 4.74 Å². The third-order valence-electron chi connectivity index (χ3n) is 2.88. The minimum Gasteiger partial charge on any atom is -0.497 e. The number of nitrogens with zero attached hydrogens (tertiary/aromatic N) is 1. The van der Waals surface area contributed by atoms with Crippen molar-refractivity contribution in [3.05, 3.63) is 29.3 Å². The van der Waals surface area contributed by atoms with Crippen LogP contribution in [0.1, 0.15) is 24.0 Å². The Labute approximate surface area is 98.0 Å². The van der Waals surface area contributed by atoms with E-state index in [4.69, 9.17) is 4.74 Å². The van der Waals surface area contributed by atoms with E-state index >= 15 is 0 Å². The molecule has 0 spiro atoms. The summed E-state index contributed by atoms with van der Waals surface area (Å²) in [4.78, 5) is 0. The summed E-state index contributed by atoms with van der Waals surface area (Å²) in [6.07, 6.45) is 2.95. The van der Waals surface area contributed by atoms with Crippen LogP contribution in [0.15, 0.2) is 18.2 Å². The molecule has 0 fully saturated rings. The van der Waals surface area contributed by atoms with Crippen LogP contribution in [-0.4, -0.2) is 7.11 Å². The standard InChI is InChI=1S/C12H12BrNO/c1-15-10-4-5-11-9(7-10)3-2-6-12(11,13)8-14/h4-5,7H,2-3,6H2,1H3. The lowest BCUT2D eigenvalue weighted by atomic mass is 9.83. The van der Waals surface area contributed by atoms with Crippen molar-refractivity contribution in [3.63, 3.8) is 0 Å². The van der Waals surface area contributed by atoms with Gasteiger partial charge in [-0.25, -0.2) is 0 Å². The molecule has 0 N–H and O–H groups in total. The first kappa shape index (κ1) is 10.5. The van der Waals surface area contributed by atoms with Crippen LogP contribution >= 0.6 is 15.9 Å². The molecule has 1 unspecified atom stereocenters. The van der Waals surface area contributed by atoms with Crippen molar-refractivity contribution in [2.24, 2.45) is 0 Å². The molecule has 1 aliphatic rings. The van der Waals surface area contributed by atoms with Crippen LogP contribution in [0.5, 0.6) is 5.75 Å². The van der Waals surface area contributed by atoms with Gasteiger partial charge in [0, 0.05) is 0 Å². The predicted molar refractivity (Wildman–Crippen MR) is 62.2 cm³/mol. The van der Waals surface area contributed by atoms with Crippen LogP contribution in [0.25, 0.3) is 0 Å². The highest BCUT2D eigenvalue weighted by atomic mass is 79.9. The molecule has 0 aliphatic heterocycles. The summed E-state index contributed by atoms with van der Waals surface area (Å²) in [5, 5.41) is 9.20. The minimum atomic E-state index is -0.493. The Kier molecular flexibility index (Phi) is 2.70. The molecule has 0 amide bonds. The number of ether oxygens (including phenoxy) is 1. The van der Waals surface area contributed by atoms with Gasteiger partial charge in [0.2, 0.25) is 0 Å². The summed E-state index contributed by atoms with van der Waals surface area (Å²) >= 11 is 3.54. The molecule has 15 heavy (non-hydrogen) atoms. The van der Waals surface area contributed by atoms with Gasteiger partial charge in [-0.2, -0.15) is 5.26 Å². The number of hydrogen-bond donors (Lipinski definition) is 0. The first-order valence-corrected chi connectivity index (χ1v) is 5.76. The second kappa shape index (κ2) is 3.86. The highest BCUT2D eigenvalue weighted by Crippen LogP contribution is 2.42. The zero-order valence-corrected chi connectivity index (χ0v) is 10.2. The minimum absolute atomic E-state index is 0.493. The number of nitriles is 1. The van der Waals surface area contributed by atoms with Gasteiger partial charge in [-0.15, -0.1) is 0 Å². The first-order chi connectivity index (χ1) is 7.19. The van der Waals surface area contributed by atoms with Crippen molar-refractivity contribution in [2.75, 3.05) is 7.11 Å². The highest BCUT2D eigenvalue weighted by Gasteiger charge is 2.34. The molecule has 2 rings (SSSR count). The van der Waals surface area contributed by atoms with Crippen molar-refractivity contribution < 1.29 is 4.74 Å². The van der Waals surface area contributed by atoms with E-state index in [9.17, 15) is 5.26 Å². The second-order valence-electron chi connectivity index (χ2n) is 3.79. The van der Waals surface area contributed by atoms with Crippen molar-refractivity contribution >= 4 is 15.9 Å². The van der Waals surface area contributed by atoms with Gasteiger partial charge in [-0.3, -0.25) is 0 Å². The lowest BCUT2D eigenvalue weighted by molar-refractivity contribution is 0.413. The number of rotatable bonds is 1. The Bertz CT molecular complexity index is 424. The van der Waals surface area contributed by atoms with Crippen LogP contribution in [0, 0.1) is 11.3 Å². The summed E-state index contributed by atoms with van der Waals surface area (Å²) in [7, 11) is 1.66. The lowest BCUT2D eigenvalue weighted by Crippen LogP contribution is -2.22. The molecule has 78 valence electrons. The van der Waals surface area contributed by atoms with Gasteiger partial charge in [0.05, 0.1) is 13.2 Å². The van der Waals surface area contributed by atoms with Crippen molar-refractivity contribution in [1.29, 1.82) is 5.26 Å². The van der Waals surface area contributed by atoms with Crippen LogP contribution in [0.4, 0.5) is 0 Å². The molecule has 0 saturated heterocycles. The Balaban J connectivity index is 2.51. The SMILES string of the molecule is COc1ccc2c(c1)CCCC2(Br)C#N. The van der Waals surface area contributed by atoms with Crippen LogP contribution in [-0.2, 0) is 10.7 Å². The van der Waals surface area contributed by atoms with E-state index in [1.54, 1.807) is 7.11 Å². The number of alkyl halides is 1. The molecule has 0 saturated carbocycles. The van der Waals surface area contributed by atoms with Crippen LogP contribution in [0.2, 0.25) is 0 Å². The molecular formula is C12H12BrNO. The van der Waals surface area contributed by atoms with E-state index in [1.165, 1.54) is 5.56 Å². The van der Waals surface area contributed by atoms with E-state index in [0.717, 1.165) is 30.6 Å². The number of fused-ring (bicyclic) bond motifs is 1. The maximum atomic E-state index is 9.20. The highest BCUT2D eigenvalue weighted by molar-refractivity contribution is 9.09. The average molecular weight is 266 g/mol. The topological polar surface area (TPSA) is 33.0 Å². The maximum absolute atomic E-state index is 9.20. The monoisotopic (exact) mass is 265 g/mol. The molecule has 1 aromatic carbocycles. The fourth-order valence-corrected chi connectivity index (χ4v) is 2.73. The van der Waals surface area contributed by atoms with E-state index < -0.39 is 4.32 Å². The van der Waals surface area contributed by atoms with Crippen molar-refractivity contribution in [2.45, 2.75) is 23.6 Å². The first-order valence-electron chi connectivity index (χ1n) is 4.97. The Hall–Kier alpha value is -1.01. The normalized spacial score (nSPS) is 24.1. The zero-order valence-electron chi connectivity index (χ0n) is 8.59. The number of aryl methyl sites for hydroxylation is 1. The fourth-order valence-electron chi connectivity index (χ4n) is 2.06. The zero-order chi connectivity index (χ0) is 10.9.